The van der Waals surface area contributed by atoms with E-state index in [4.69, 9.17) is 0 Å². The minimum Gasteiger partial charge on any atom is -0.374 e. The van der Waals surface area contributed by atoms with Gasteiger partial charge in [0, 0.05) is 0 Å². The van der Waals surface area contributed by atoms with Gasteiger partial charge in [0.2, 0.25) is 5.91 Å². The second kappa shape index (κ2) is 3.49. The van der Waals surface area contributed by atoms with Gasteiger partial charge in [0.15, 0.2) is 0 Å². The second-order valence-corrected chi connectivity index (χ2v) is 3.04. The highest BCUT2D eigenvalue weighted by Crippen LogP contribution is 2.28. The van der Waals surface area contributed by atoms with Crippen LogP contribution >= 0.6 is 0 Å². The van der Waals surface area contributed by atoms with Crippen molar-refractivity contribution in [2.24, 2.45) is 0 Å². The fourth-order valence-corrected chi connectivity index (χ4v) is 1.53. The van der Waals surface area contributed by atoms with Crippen LogP contribution in [0.5, 0.6) is 0 Å². The number of aldehydes is 1. The lowest BCUT2D eigenvalue weighted by Gasteiger charge is -2.28. The number of hydrogen-bond acceptors (Lipinski definition) is 3. The molecule has 1 heterocycles. The summed E-state index contributed by atoms with van der Waals surface area (Å²) < 4.78 is 0. The van der Waals surface area contributed by atoms with Crippen LogP contribution < -0.4 is 10.2 Å². The Morgan fingerprint density at radius 1 is 1.43 bits per heavy atom. The van der Waals surface area contributed by atoms with Gasteiger partial charge in [-0.25, -0.2) is 0 Å². The molecular weight excluding hydrogens is 180 g/mol. The predicted octanol–water partition coefficient (Wildman–Crippen LogP) is 0.644. The molecule has 4 nitrogen and oxygen atoms in total. The first-order chi connectivity index (χ1) is 6.83. The Morgan fingerprint density at radius 2 is 2.21 bits per heavy atom. The average molecular weight is 190 g/mol. The van der Waals surface area contributed by atoms with Crippen LogP contribution in [0.25, 0.3) is 0 Å². The van der Waals surface area contributed by atoms with Crippen LogP contribution in [-0.4, -0.2) is 25.3 Å². The molecule has 14 heavy (non-hydrogen) atoms. The maximum Gasteiger partial charge on any atom is 0.246 e. The lowest BCUT2D eigenvalue weighted by Crippen LogP contribution is -2.40. The van der Waals surface area contributed by atoms with Crippen LogP contribution in [0.1, 0.15) is 0 Å². The predicted molar refractivity (Wildman–Crippen MR) is 53.3 cm³/mol. The minimum atomic E-state index is -0.0733. The quantitative estimate of drug-likeness (QED) is 0.696. The van der Waals surface area contributed by atoms with Gasteiger partial charge < -0.3 is 15.0 Å². The Balaban J connectivity index is 2.40. The third-order valence-electron chi connectivity index (χ3n) is 2.18. The molecular formula is C10H10N2O2. The minimum absolute atomic E-state index is 0.0733. The number of carbonyl (C=O) groups excluding carboxylic acids is 2. The van der Waals surface area contributed by atoms with Gasteiger partial charge >= 0.3 is 0 Å². The molecule has 1 aromatic carbocycles. The lowest BCUT2D eigenvalue weighted by molar-refractivity contribution is -0.118. The van der Waals surface area contributed by atoms with Crippen molar-refractivity contribution in [2.45, 2.75) is 0 Å². The number of carbonyl (C=O) groups is 2. The van der Waals surface area contributed by atoms with E-state index in [0.29, 0.717) is 0 Å². The molecule has 4 heteroatoms. The maximum absolute atomic E-state index is 11.5. The monoisotopic (exact) mass is 190 g/mol. The maximum atomic E-state index is 11.5. The van der Waals surface area contributed by atoms with Crippen LogP contribution in [0.4, 0.5) is 11.4 Å². The normalized spacial score (nSPS) is 14.6. The second-order valence-electron chi connectivity index (χ2n) is 3.04. The smallest absolute Gasteiger partial charge is 0.246 e. The van der Waals surface area contributed by atoms with Crippen LogP contribution in [0.15, 0.2) is 24.3 Å². The van der Waals surface area contributed by atoms with E-state index in [1.165, 1.54) is 4.90 Å². The SMILES string of the molecule is O=CCN1C(=O)CNc2ccccc21. The van der Waals surface area contributed by atoms with Gasteiger partial charge in [-0.2, -0.15) is 0 Å². The van der Waals surface area contributed by atoms with E-state index in [0.717, 1.165) is 17.7 Å². The number of anilines is 2. The molecule has 1 aliphatic rings. The molecule has 1 N–H and O–H groups in total. The standard InChI is InChI=1S/C10H10N2O2/c13-6-5-12-9-4-2-1-3-8(9)11-7-10(12)14/h1-4,6,11H,5,7H2. The van der Waals surface area contributed by atoms with E-state index >= 15 is 0 Å². The molecule has 0 saturated carbocycles. The molecule has 0 spiro atoms. The van der Waals surface area contributed by atoms with Crippen LogP contribution in [0.3, 0.4) is 0 Å². The summed E-state index contributed by atoms with van der Waals surface area (Å²) in [5.41, 5.74) is 1.67. The molecule has 0 saturated heterocycles. The Morgan fingerprint density at radius 3 is 3.00 bits per heavy atom. The molecule has 0 unspecified atom stereocenters. The number of nitrogens with one attached hydrogen (secondary N) is 1. The van der Waals surface area contributed by atoms with E-state index in [-0.39, 0.29) is 19.0 Å². The van der Waals surface area contributed by atoms with Crippen molar-refractivity contribution in [2.75, 3.05) is 23.3 Å². The lowest BCUT2D eigenvalue weighted by atomic mass is 10.2. The van der Waals surface area contributed by atoms with E-state index < -0.39 is 0 Å². The number of para-hydroxylation sites is 2. The first-order valence-electron chi connectivity index (χ1n) is 4.40. The summed E-state index contributed by atoms with van der Waals surface area (Å²) in [6.07, 6.45) is 0.736. The van der Waals surface area contributed by atoms with Crippen molar-refractivity contribution < 1.29 is 9.59 Å². The highest BCUT2D eigenvalue weighted by Gasteiger charge is 2.22. The number of fused-ring (bicyclic) bond motifs is 1. The molecule has 0 aromatic heterocycles. The molecule has 2 rings (SSSR count). The topological polar surface area (TPSA) is 49.4 Å². The summed E-state index contributed by atoms with van der Waals surface area (Å²) >= 11 is 0. The average Bonchev–Trinajstić information content (AvgIpc) is 2.23. The summed E-state index contributed by atoms with van der Waals surface area (Å²) in [5, 5.41) is 2.99. The van der Waals surface area contributed by atoms with Gasteiger partial charge in [-0.05, 0) is 12.1 Å². The number of rotatable bonds is 2. The van der Waals surface area contributed by atoms with Crippen molar-refractivity contribution in [3.63, 3.8) is 0 Å². The third kappa shape index (κ3) is 1.35. The summed E-state index contributed by atoms with van der Waals surface area (Å²) in [7, 11) is 0. The van der Waals surface area contributed by atoms with Gasteiger partial charge in [-0.3, -0.25) is 4.79 Å². The number of benzene rings is 1. The summed E-state index contributed by atoms with van der Waals surface area (Å²) in [6.45, 7) is 0.377. The van der Waals surface area contributed by atoms with Crippen molar-refractivity contribution in [3.8, 4) is 0 Å². The van der Waals surface area contributed by atoms with Crippen LogP contribution in [-0.2, 0) is 9.59 Å². The summed E-state index contributed by atoms with van der Waals surface area (Å²) in [5.74, 6) is -0.0733. The van der Waals surface area contributed by atoms with Gasteiger partial charge in [0.05, 0.1) is 24.5 Å². The number of nitrogens with zero attached hydrogens (tertiary/aromatic N) is 1. The molecule has 72 valence electrons. The van der Waals surface area contributed by atoms with Crippen molar-refractivity contribution in [3.05, 3.63) is 24.3 Å². The zero-order valence-electron chi connectivity index (χ0n) is 7.56. The largest absolute Gasteiger partial charge is 0.374 e. The van der Waals surface area contributed by atoms with Crippen molar-refractivity contribution in [1.29, 1.82) is 0 Å². The third-order valence-corrected chi connectivity index (χ3v) is 2.18. The zero-order chi connectivity index (χ0) is 9.97. The Kier molecular flexibility index (Phi) is 2.18. The number of amides is 1. The summed E-state index contributed by atoms with van der Waals surface area (Å²) in [4.78, 5) is 23.4. The Bertz CT molecular complexity index is 376. The molecule has 1 aromatic rings. The first kappa shape index (κ1) is 8.74. The van der Waals surface area contributed by atoms with Crippen LogP contribution in [0, 0.1) is 0 Å². The van der Waals surface area contributed by atoms with E-state index in [2.05, 4.69) is 5.32 Å². The molecule has 0 atom stereocenters. The van der Waals surface area contributed by atoms with Gasteiger partial charge in [0.1, 0.15) is 6.29 Å². The van der Waals surface area contributed by atoms with E-state index in [1.807, 2.05) is 24.3 Å². The Labute approximate surface area is 81.5 Å². The fraction of sp³-hybridized carbons (Fsp3) is 0.200. The highest BCUT2D eigenvalue weighted by atomic mass is 16.2. The van der Waals surface area contributed by atoms with E-state index in [1.54, 1.807) is 0 Å². The molecule has 1 amide bonds. The van der Waals surface area contributed by atoms with Crippen LogP contribution in [0.2, 0.25) is 0 Å². The van der Waals surface area contributed by atoms with E-state index in [9.17, 15) is 9.59 Å². The molecule has 0 aliphatic carbocycles. The van der Waals surface area contributed by atoms with Gasteiger partial charge in [-0.1, -0.05) is 12.1 Å². The van der Waals surface area contributed by atoms with Gasteiger partial charge in [0.25, 0.3) is 0 Å². The van der Waals surface area contributed by atoms with Crippen molar-refractivity contribution in [1.82, 2.24) is 0 Å². The fourth-order valence-electron chi connectivity index (χ4n) is 1.53. The first-order valence-corrected chi connectivity index (χ1v) is 4.40. The number of hydrogen-bond donors (Lipinski definition) is 1. The molecule has 0 fully saturated rings. The highest BCUT2D eigenvalue weighted by molar-refractivity contribution is 6.04. The van der Waals surface area contributed by atoms with Gasteiger partial charge in [-0.15, -0.1) is 0 Å². The summed E-state index contributed by atoms with van der Waals surface area (Å²) in [6, 6.07) is 7.44. The molecule has 0 radical (unpaired) electrons. The van der Waals surface area contributed by atoms with Crippen molar-refractivity contribution >= 4 is 23.6 Å². The molecule has 0 bridgehead atoms. The zero-order valence-corrected chi connectivity index (χ0v) is 7.56. The Hall–Kier alpha value is -1.84. The molecule has 1 aliphatic heterocycles.